The summed E-state index contributed by atoms with van der Waals surface area (Å²) in [6.45, 7) is 5.81. The largest absolute Gasteiger partial charge is 0.399 e. The van der Waals surface area contributed by atoms with E-state index in [9.17, 15) is 4.79 Å². The van der Waals surface area contributed by atoms with Crippen molar-refractivity contribution in [2.24, 2.45) is 0 Å². The van der Waals surface area contributed by atoms with Gasteiger partial charge in [-0.3, -0.25) is 4.79 Å². The van der Waals surface area contributed by atoms with E-state index < -0.39 is 0 Å². The molecule has 1 rings (SSSR count). The third-order valence-electron chi connectivity index (χ3n) is 1.72. The third-order valence-corrected chi connectivity index (χ3v) is 2.42. The van der Waals surface area contributed by atoms with Crippen molar-refractivity contribution in [1.82, 2.24) is 5.32 Å². The highest BCUT2D eigenvalue weighted by Gasteiger charge is 2.17. The highest BCUT2D eigenvalue weighted by atomic mass is 79.9. The average Bonchev–Trinajstić information content (AvgIpc) is 2.06. The molecular weight excluding hydrogens is 256 g/mol. The first-order valence-electron chi connectivity index (χ1n) is 4.67. The second-order valence-corrected chi connectivity index (χ2v) is 5.30. The molecule has 0 aromatic heterocycles. The molecule has 0 bridgehead atoms. The summed E-state index contributed by atoms with van der Waals surface area (Å²) < 4.78 is 0.749. The lowest BCUT2D eigenvalue weighted by Crippen LogP contribution is -2.40. The average molecular weight is 271 g/mol. The van der Waals surface area contributed by atoms with E-state index in [0.717, 1.165) is 4.47 Å². The van der Waals surface area contributed by atoms with Crippen molar-refractivity contribution in [1.29, 1.82) is 0 Å². The van der Waals surface area contributed by atoms with E-state index in [2.05, 4.69) is 21.2 Å². The number of halogens is 1. The van der Waals surface area contributed by atoms with E-state index in [4.69, 9.17) is 5.73 Å². The molecule has 0 saturated heterocycles. The Labute approximate surface area is 98.2 Å². The topological polar surface area (TPSA) is 55.1 Å². The molecule has 0 fully saturated rings. The van der Waals surface area contributed by atoms with Crippen molar-refractivity contribution in [2.75, 3.05) is 5.73 Å². The molecule has 3 nitrogen and oxygen atoms in total. The first-order chi connectivity index (χ1) is 6.79. The Bertz CT molecular complexity index is 383. The maximum Gasteiger partial charge on any atom is 0.252 e. The number of anilines is 1. The second kappa shape index (κ2) is 4.23. The lowest BCUT2D eigenvalue weighted by atomic mass is 10.1. The molecule has 0 spiro atoms. The molecule has 82 valence electrons. The number of nitrogens with one attached hydrogen (secondary N) is 1. The highest BCUT2D eigenvalue weighted by Crippen LogP contribution is 2.20. The highest BCUT2D eigenvalue weighted by molar-refractivity contribution is 9.10. The number of carbonyl (C=O) groups excluding carboxylic acids is 1. The lowest BCUT2D eigenvalue weighted by Gasteiger charge is -2.21. The van der Waals surface area contributed by atoms with Gasteiger partial charge in [0.15, 0.2) is 0 Å². The van der Waals surface area contributed by atoms with E-state index in [1.165, 1.54) is 0 Å². The van der Waals surface area contributed by atoms with E-state index in [-0.39, 0.29) is 11.4 Å². The number of carbonyl (C=O) groups is 1. The summed E-state index contributed by atoms with van der Waals surface area (Å²) in [4.78, 5) is 11.8. The van der Waals surface area contributed by atoms with Crippen molar-refractivity contribution in [3.05, 3.63) is 28.2 Å². The molecule has 0 aliphatic heterocycles. The molecule has 0 aliphatic rings. The zero-order valence-corrected chi connectivity index (χ0v) is 10.7. The van der Waals surface area contributed by atoms with Crippen LogP contribution < -0.4 is 11.1 Å². The van der Waals surface area contributed by atoms with Gasteiger partial charge in [0.1, 0.15) is 0 Å². The van der Waals surface area contributed by atoms with Crippen LogP contribution in [-0.4, -0.2) is 11.4 Å². The van der Waals surface area contributed by atoms with Crippen LogP contribution in [0.25, 0.3) is 0 Å². The van der Waals surface area contributed by atoms with Crippen LogP contribution in [0.15, 0.2) is 22.7 Å². The van der Waals surface area contributed by atoms with Gasteiger partial charge in [-0.15, -0.1) is 0 Å². The molecule has 0 atom stereocenters. The SMILES string of the molecule is CC(C)(C)NC(=O)c1cc(N)ccc1Br. The van der Waals surface area contributed by atoms with Crippen LogP contribution in [0.3, 0.4) is 0 Å². The maximum atomic E-state index is 11.8. The summed E-state index contributed by atoms with van der Waals surface area (Å²) in [5.41, 5.74) is 6.52. The van der Waals surface area contributed by atoms with Gasteiger partial charge in [0, 0.05) is 15.7 Å². The van der Waals surface area contributed by atoms with Gasteiger partial charge in [-0.2, -0.15) is 0 Å². The molecule has 0 unspecified atom stereocenters. The van der Waals surface area contributed by atoms with Crippen molar-refractivity contribution >= 4 is 27.5 Å². The Morgan fingerprint density at radius 1 is 1.40 bits per heavy atom. The van der Waals surface area contributed by atoms with Crippen LogP contribution >= 0.6 is 15.9 Å². The predicted octanol–water partition coefficient (Wildman–Crippen LogP) is 2.56. The summed E-state index contributed by atoms with van der Waals surface area (Å²) in [6, 6.07) is 5.18. The molecule has 1 amide bonds. The van der Waals surface area contributed by atoms with Crippen LogP contribution in [0.4, 0.5) is 5.69 Å². The summed E-state index contributed by atoms with van der Waals surface area (Å²) in [5, 5.41) is 2.88. The minimum Gasteiger partial charge on any atom is -0.399 e. The van der Waals surface area contributed by atoms with Crippen LogP contribution in [0.1, 0.15) is 31.1 Å². The van der Waals surface area contributed by atoms with E-state index in [1.807, 2.05) is 20.8 Å². The Kier molecular flexibility index (Phi) is 3.39. The van der Waals surface area contributed by atoms with Crippen molar-refractivity contribution in [3.8, 4) is 0 Å². The maximum absolute atomic E-state index is 11.8. The fourth-order valence-corrected chi connectivity index (χ4v) is 1.55. The zero-order valence-electron chi connectivity index (χ0n) is 9.10. The molecule has 3 N–H and O–H groups in total. The Morgan fingerprint density at radius 2 is 2.00 bits per heavy atom. The first-order valence-corrected chi connectivity index (χ1v) is 5.46. The van der Waals surface area contributed by atoms with Crippen LogP contribution in [0.2, 0.25) is 0 Å². The van der Waals surface area contributed by atoms with Crippen molar-refractivity contribution in [2.45, 2.75) is 26.3 Å². The number of rotatable bonds is 1. The monoisotopic (exact) mass is 270 g/mol. The summed E-state index contributed by atoms with van der Waals surface area (Å²) in [7, 11) is 0. The quantitative estimate of drug-likeness (QED) is 0.771. The number of hydrogen-bond donors (Lipinski definition) is 2. The van der Waals surface area contributed by atoms with Gasteiger partial charge < -0.3 is 11.1 Å². The van der Waals surface area contributed by atoms with E-state index in [0.29, 0.717) is 11.3 Å². The molecule has 0 heterocycles. The predicted molar refractivity (Wildman–Crippen MR) is 65.8 cm³/mol. The minimum atomic E-state index is -0.249. The fraction of sp³-hybridized carbons (Fsp3) is 0.364. The molecule has 0 saturated carbocycles. The van der Waals surface area contributed by atoms with Gasteiger partial charge in [0.25, 0.3) is 5.91 Å². The Balaban J connectivity index is 2.96. The normalized spacial score (nSPS) is 11.2. The fourth-order valence-electron chi connectivity index (χ4n) is 1.12. The second-order valence-electron chi connectivity index (χ2n) is 4.44. The van der Waals surface area contributed by atoms with Gasteiger partial charge in [-0.05, 0) is 54.9 Å². The number of amides is 1. The number of nitrogens with two attached hydrogens (primary N) is 1. The Morgan fingerprint density at radius 3 is 2.53 bits per heavy atom. The number of benzene rings is 1. The van der Waals surface area contributed by atoms with Crippen LogP contribution in [-0.2, 0) is 0 Å². The molecule has 0 aliphatic carbocycles. The van der Waals surface area contributed by atoms with Gasteiger partial charge in [0.2, 0.25) is 0 Å². The van der Waals surface area contributed by atoms with Gasteiger partial charge in [-0.25, -0.2) is 0 Å². The smallest absolute Gasteiger partial charge is 0.252 e. The summed E-state index contributed by atoms with van der Waals surface area (Å²) in [6.07, 6.45) is 0. The summed E-state index contributed by atoms with van der Waals surface area (Å²) >= 11 is 3.32. The summed E-state index contributed by atoms with van der Waals surface area (Å²) in [5.74, 6) is -0.123. The van der Waals surface area contributed by atoms with Crippen molar-refractivity contribution in [3.63, 3.8) is 0 Å². The Hall–Kier alpha value is -1.03. The van der Waals surface area contributed by atoms with Gasteiger partial charge in [0.05, 0.1) is 5.56 Å². The van der Waals surface area contributed by atoms with E-state index >= 15 is 0 Å². The molecule has 0 radical (unpaired) electrons. The van der Waals surface area contributed by atoms with Gasteiger partial charge >= 0.3 is 0 Å². The van der Waals surface area contributed by atoms with Crippen LogP contribution in [0, 0.1) is 0 Å². The van der Waals surface area contributed by atoms with E-state index in [1.54, 1.807) is 18.2 Å². The number of nitrogen functional groups attached to an aromatic ring is 1. The molecule has 1 aromatic rings. The number of hydrogen-bond acceptors (Lipinski definition) is 2. The standard InChI is InChI=1S/C11H15BrN2O/c1-11(2,3)14-10(15)8-6-7(13)4-5-9(8)12/h4-6H,13H2,1-3H3,(H,14,15). The molecule has 15 heavy (non-hydrogen) atoms. The molecule has 4 heteroatoms. The molecule has 1 aromatic carbocycles. The minimum absolute atomic E-state index is 0.123. The van der Waals surface area contributed by atoms with Crippen molar-refractivity contribution < 1.29 is 4.79 Å². The van der Waals surface area contributed by atoms with Crippen LogP contribution in [0.5, 0.6) is 0 Å². The third kappa shape index (κ3) is 3.55. The first kappa shape index (κ1) is 12.0. The molecular formula is C11H15BrN2O. The zero-order chi connectivity index (χ0) is 11.6. The lowest BCUT2D eigenvalue weighted by molar-refractivity contribution is 0.0919. The van der Waals surface area contributed by atoms with Gasteiger partial charge in [-0.1, -0.05) is 0 Å².